The van der Waals surface area contributed by atoms with Gasteiger partial charge < -0.3 is 18.9 Å². The number of carbonyl (C=O) groups is 1. The fraction of sp³-hybridized carbons (Fsp3) is 0.304. The number of carbonyl (C=O) groups excluding carboxylic acids is 1. The predicted octanol–water partition coefficient (Wildman–Crippen LogP) is 4.95. The van der Waals surface area contributed by atoms with Gasteiger partial charge in [-0.1, -0.05) is 23.4 Å². The average Bonchev–Trinajstić information content (AvgIpc) is 3.20. The number of benzene rings is 2. The predicted molar refractivity (Wildman–Crippen MR) is 117 cm³/mol. The van der Waals surface area contributed by atoms with Gasteiger partial charge in [-0.25, -0.2) is 0 Å². The highest BCUT2D eigenvalue weighted by molar-refractivity contribution is 7.98. The quantitative estimate of drug-likeness (QED) is 0.451. The van der Waals surface area contributed by atoms with Crippen LogP contribution in [0, 0.1) is 6.92 Å². The van der Waals surface area contributed by atoms with E-state index in [9.17, 15) is 4.79 Å². The molecule has 1 heterocycles. The van der Waals surface area contributed by atoms with Gasteiger partial charge in [0.2, 0.25) is 0 Å². The van der Waals surface area contributed by atoms with Crippen LogP contribution in [0.2, 0.25) is 0 Å². The second-order valence-corrected chi connectivity index (χ2v) is 7.75. The van der Waals surface area contributed by atoms with Crippen molar-refractivity contribution in [1.29, 1.82) is 0 Å². The number of nitrogens with zero attached hydrogens (tertiary/aromatic N) is 2. The van der Waals surface area contributed by atoms with Gasteiger partial charge >= 0.3 is 0 Å². The van der Waals surface area contributed by atoms with E-state index >= 15 is 0 Å². The van der Waals surface area contributed by atoms with E-state index in [1.165, 1.54) is 0 Å². The van der Waals surface area contributed by atoms with Crippen LogP contribution < -0.4 is 9.47 Å². The molecule has 0 aliphatic heterocycles. The monoisotopic (exact) mass is 426 g/mol. The first-order valence-corrected chi connectivity index (χ1v) is 10.7. The zero-order valence-electron chi connectivity index (χ0n) is 17.7. The van der Waals surface area contributed by atoms with Crippen LogP contribution in [-0.2, 0) is 12.3 Å². The van der Waals surface area contributed by atoms with E-state index in [1.54, 1.807) is 26.0 Å². The molecule has 3 rings (SSSR count). The molecule has 0 atom stereocenters. The van der Waals surface area contributed by atoms with Gasteiger partial charge in [0.1, 0.15) is 5.76 Å². The molecule has 3 aromatic rings. The van der Waals surface area contributed by atoms with Crippen molar-refractivity contribution in [2.75, 3.05) is 20.8 Å². The highest BCUT2D eigenvalue weighted by Gasteiger charge is 2.19. The van der Waals surface area contributed by atoms with Crippen LogP contribution in [0.5, 0.6) is 11.5 Å². The summed E-state index contributed by atoms with van der Waals surface area (Å²) in [7, 11) is 3.21. The lowest BCUT2D eigenvalue weighted by Gasteiger charge is -2.23. The molecule has 0 bridgehead atoms. The molecular weight excluding hydrogens is 400 g/mol. The minimum atomic E-state index is -0.0101. The molecule has 7 heteroatoms. The Balaban J connectivity index is 1.77. The first-order chi connectivity index (χ1) is 14.5. The normalized spacial score (nSPS) is 10.7. The summed E-state index contributed by atoms with van der Waals surface area (Å²) in [5, 5.41) is 3.92. The van der Waals surface area contributed by atoms with Gasteiger partial charge in [-0.15, -0.1) is 11.8 Å². The highest BCUT2D eigenvalue weighted by atomic mass is 32.2. The Morgan fingerprint density at radius 1 is 1.10 bits per heavy atom. The molecule has 0 aliphatic carbocycles. The lowest BCUT2D eigenvalue weighted by molar-refractivity contribution is 0.0749. The lowest BCUT2D eigenvalue weighted by atomic mass is 10.1. The zero-order chi connectivity index (χ0) is 21.5. The van der Waals surface area contributed by atoms with Crippen molar-refractivity contribution in [2.24, 2.45) is 0 Å². The third-order valence-electron chi connectivity index (χ3n) is 4.65. The summed E-state index contributed by atoms with van der Waals surface area (Å²) in [5.74, 6) is 2.71. The summed E-state index contributed by atoms with van der Waals surface area (Å²) in [5.41, 5.74) is 2.51. The second kappa shape index (κ2) is 10.2. The van der Waals surface area contributed by atoms with E-state index in [0.717, 1.165) is 21.9 Å². The van der Waals surface area contributed by atoms with Gasteiger partial charge in [0.15, 0.2) is 11.5 Å². The van der Waals surface area contributed by atoms with Gasteiger partial charge in [0.25, 0.3) is 5.91 Å². The summed E-state index contributed by atoms with van der Waals surface area (Å²) >= 11 is 1.57. The van der Waals surface area contributed by atoms with Crippen LogP contribution in [0.25, 0.3) is 0 Å². The Bertz CT molecular complexity index is 1000. The van der Waals surface area contributed by atoms with Gasteiger partial charge in [-0.05, 0) is 43.7 Å². The van der Waals surface area contributed by atoms with Crippen LogP contribution in [0.1, 0.15) is 34.3 Å². The number of hydrogen-bond acceptors (Lipinski definition) is 6. The third kappa shape index (κ3) is 5.16. The van der Waals surface area contributed by atoms with Crippen LogP contribution in [0.4, 0.5) is 0 Å². The molecular formula is C23H26N2O4S. The number of methoxy groups -OCH3 is 2. The molecule has 0 saturated heterocycles. The fourth-order valence-corrected chi connectivity index (χ4v) is 4.02. The Labute approximate surface area is 181 Å². The standard InChI is InChI=1S/C23H26N2O4S/c1-5-25(14-17-10-11-20(27-3)21(13-17)28-4)23(26)19-8-6-7-9-22(19)30-15-18-12-16(2)24-29-18/h6-13H,5,14-15H2,1-4H3. The SMILES string of the molecule is CCN(Cc1ccc(OC)c(OC)c1)C(=O)c1ccccc1SCc1cc(C)no1. The van der Waals surface area contributed by atoms with Crippen molar-refractivity contribution in [2.45, 2.75) is 31.0 Å². The van der Waals surface area contributed by atoms with Crippen molar-refractivity contribution in [1.82, 2.24) is 10.1 Å². The number of aromatic nitrogens is 1. The molecule has 158 valence electrons. The molecule has 0 fully saturated rings. The second-order valence-electron chi connectivity index (χ2n) is 6.73. The molecule has 0 spiro atoms. The molecule has 2 aromatic carbocycles. The summed E-state index contributed by atoms with van der Waals surface area (Å²) in [4.78, 5) is 16.1. The van der Waals surface area contributed by atoms with E-state index in [-0.39, 0.29) is 5.91 Å². The molecule has 0 N–H and O–H groups in total. The topological polar surface area (TPSA) is 64.8 Å². The molecule has 1 amide bonds. The maximum Gasteiger partial charge on any atom is 0.255 e. The molecule has 30 heavy (non-hydrogen) atoms. The van der Waals surface area contributed by atoms with Crippen LogP contribution >= 0.6 is 11.8 Å². The molecule has 0 saturated carbocycles. The fourth-order valence-electron chi connectivity index (χ4n) is 3.10. The first kappa shape index (κ1) is 21.8. The first-order valence-electron chi connectivity index (χ1n) is 9.69. The molecule has 1 aromatic heterocycles. The van der Waals surface area contributed by atoms with Gasteiger partial charge in [-0.2, -0.15) is 0 Å². The summed E-state index contributed by atoms with van der Waals surface area (Å²) in [6.07, 6.45) is 0. The number of hydrogen-bond donors (Lipinski definition) is 0. The van der Waals surface area contributed by atoms with Gasteiger partial charge in [-0.3, -0.25) is 4.79 Å². The molecule has 0 radical (unpaired) electrons. The lowest BCUT2D eigenvalue weighted by Crippen LogP contribution is -2.30. The van der Waals surface area contributed by atoms with E-state index in [1.807, 2.05) is 67.3 Å². The van der Waals surface area contributed by atoms with Crippen molar-refractivity contribution in [3.05, 3.63) is 71.1 Å². The van der Waals surface area contributed by atoms with Gasteiger partial charge in [0.05, 0.1) is 31.2 Å². The number of amides is 1. The number of ether oxygens (including phenoxy) is 2. The third-order valence-corrected chi connectivity index (χ3v) is 5.75. The van der Waals surface area contributed by atoms with E-state index in [0.29, 0.717) is 35.9 Å². The van der Waals surface area contributed by atoms with Crippen molar-refractivity contribution in [3.8, 4) is 11.5 Å². The number of thioether (sulfide) groups is 1. The van der Waals surface area contributed by atoms with Crippen LogP contribution in [-0.4, -0.2) is 36.7 Å². The Hall–Kier alpha value is -2.93. The summed E-state index contributed by atoms with van der Waals surface area (Å²) in [6, 6.07) is 15.3. The Morgan fingerprint density at radius 3 is 2.53 bits per heavy atom. The number of rotatable bonds is 9. The maximum absolute atomic E-state index is 13.3. The maximum atomic E-state index is 13.3. The van der Waals surface area contributed by atoms with Crippen molar-refractivity contribution in [3.63, 3.8) is 0 Å². The average molecular weight is 427 g/mol. The van der Waals surface area contributed by atoms with Crippen molar-refractivity contribution >= 4 is 17.7 Å². The Kier molecular flexibility index (Phi) is 7.41. The smallest absolute Gasteiger partial charge is 0.255 e. The van der Waals surface area contributed by atoms with E-state index < -0.39 is 0 Å². The molecule has 0 aliphatic rings. The Morgan fingerprint density at radius 2 is 1.87 bits per heavy atom. The van der Waals surface area contributed by atoms with Crippen molar-refractivity contribution < 1.29 is 18.8 Å². The highest BCUT2D eigenvalue weighted by Crippen LogP contribution is 2.30. The summed E-state index contributed by atoms with van der Waals surface area (Å²) in [6.45, 7) is 4.94. The summed E-state index contributed by atoms with van der Waals surface area (Å²) < 4.78 is 16.0. The van der Waals surface area contributed by atoms with Gasteiger partial charge in [0, 0.05) is 24.1 Å². The van der Waals surface area contributed by atoms with Crippen LogP contribution in [0.3, 0.4) is 0 Å². The van der Waals surface area contributed by atoms with E-state index in [2.05, 4.69) is 5.16 Å². The minimum absolute atomic E-state index is 0.0101. The zero-order valence-corrected chi connectivity index (χ0v) is 18.5. The molecule has 6 nitrogen and oxygen atoms in total. The van der Waals surface area contributed by atoms with E-state index in [4.69, 9.17) is 14.0 Å². The molecule has 0 unspecified atom stereocenters. The largest absolute Gasteiger partial charge is 0.493 e. The van der Waals surface area contributed by atoms with Crippen LogP contribution in [0.15, 0.2) is 57.9 Å². The minimum Gasteiger partial charge on any atom is -0.493 e. The number of aryl methyl sites for hydroxylation is 1.